The molecule has 9 nitrogen and oxygen atoms in total. The van der Waals surface area contributed by atoms with E-state index in [-0.39, 0.29) is 12.5 Å². The van der Waals surface area contributed by atoms with E-state index in [1.807, 2.05) is 0 Å². The van der Waals surface area contributed by atoms with Crippen LogP contribution in [0.4, 0.5) is 0 Å². The van der Waals surface area contributed by atoms with Crippen molar-refractivity contribution < 1.29 is 23.8 Å². The van der Waals surface area contributed by atoms with Gasteiger partial charge in [-0.1, -0.05) is 0 Å². The molecule has 1 aliphatic heterocycles. The molecule has 1 fully saturated rings. The lowest BCUT2D eigenvalue weighted by molar-refractivity contribution is -0.171. The number of carbonyl (C=O) groups is 2. The number of hydrogen-bond acceptors (Lipinski definition) is 7. The Labute approximate surface area is 151 Å². The summed E-state index contributed by atoms with van der Waals surface area (Å²) in [6.45, 7) is 2.04. The lowest BCUT2D eigenvalue weighted by atomic mass is 9.99. The highest BCUT2D eigenvalue weighted by atomic mass is 35.5. The number of esters is 2. The Morgan fingerprint density at radius 3 is 2.56 bits per heavy atom. The van der Waals surface area contributed by atoms with Crippen LogP contribution in [0.5, 0.6) is 0 Å². The second kappa shape index (κ2) is 7.59. The van der Waals surface area contributed by atoms with E-state index in [9.17, 15) is 19.2 Å². The molecule has 0 unspecified atom stereocenters. The molecule has 0 radical (unpaired) electrons. The first kappa shape index (κ1) is 19.5. The minimum atomic E-state index is -1.45. The van der Waals surface area contributed by atoms with E-state index in [1.54, 1.807) is 0 Å². The van der Waals surface area contributed by atoms with Gasteiger partial charge in [-0.2, -0.15) is 0 Å². The van der Waals surface area contributed by atoms with Gasteiger partial charge in [0.15, 0.2) is 17.9 Å². The Morgan fingerprint density at radius 2 is 2.04 bits per heavy atom. The van der Waals surface area contributed by atoms with Crippen LogP contribution in [0.25, 0.3) is 0 Å². The third kappa shape index (κ3) is 4.05. The lowest BCUT2D eigenvalue weighted by Crippen LogP contribution is -2.50. The van der Waals surface area contributed by atoms with E-state index in [2.05, 4.69) is 4.98 Å². The van der Waals surface area contributed by atoms with Gasteiger partial charge in [-0.25, -0.2) is 4.79 Å². The van der Waals surface area contributed by atoms with Crippen molar-refractivity contribution in [2.45, 2.75) is 37.2 Å². The van der Waals surface area contributed by atoms with Crippen LogP contribution in [0, 0.1) is 0 Å². The van der Waals surface area contributed by atoms with Gasteiger partial charge < -0.3 is 14.2 Å². The van der Waals surface area contributed by atoms with Crippen molar-refractivity contribution in [2.24, 2.45) is 0 Å². The Bertz CT molecular complexity index is 777. The molecule has 4 atom stereocenters. The maximum absolute atomic E-state index is 12.0. The minimum absolute atomic E-state index is 0.226. The first-order valence-corrected chi connectivity index (χ1v) is 8.17. The van der Waals surface area contributed by atoms with Gasteiger partial charge in [0.25, 0.3) is 5.56 Å². The SMILES string of the molecule is CC(=O)OC[C@@]1(CCl)O[C@@H](n2ccc(=O)[nH]c2=O)[C@H](Cl)[C@@H]1OC(C)=O. The number of hydrogen-bond donors (Lipinski definition) is 1. The fourth-order valence-electron chi connectivity index (χ4n) is 2.49. The van der Waals surface area contributed by atoms with Gasteiger partial charge in [0, 0.05) is 26.1 Å². The Kier molecular flexibility index (Phi) is 5.91. The van der Waals surface area contributed by atoms with Gasteiger partial charge in [-0.3, -0.25) is 23.9 Å². The first-order valence-electron chi connectivity index (χ1n) is 7.20. The van der Waals surface area contributed by atoms with E-state index in [1.165, 1.54) is 20.0 Å². The van der Waals surface area contributed by atoms with Crippen LogP contribution in [-0.2, 0) is 23.8 Å². The summed E-state index contributed by atoms with van der Waals surface area (Å²) in [6.07, 6.45) is -1.00. The normalized spacial score (nSPS) is 28.6. The van der Waals surface area contributed by atoms with Crippen molar-refractivity contribution >= 4 is 35.1 Å². The largest absolute Gasteiger partial charge is 0.463 e. The summed E-state index contributed by atoms with van der Waals surface area (Å²) in [7, 11) is 0. The molecule has 11 heteroatoms. The highest BCUT2D eigenvalue weighted by Crippen LogP contribution is 2.42. The van der Waals surface area contributed by atoms with Crippen molar-refractivity contribution in [3.8, 4) is 0 Å². The number of rotatable bonds is 5. The lowest BCUT2D eigenvalue weighted by Gasteiger charge is -2.31. The summed E-state index contributed by atoms with van der Waals surface area (Å²) in [4.78, 5) is 47.9. The van der Waals surface area contributed by atoms with Crippen molar-refractivity contribution in [2.75, 3.05) is 12.5 Å². The van der Waals surface area contributed by atoms with Gasteiger partial charge in [0.05, 0.1) is 5.88 Å². The topological polar surface area (TPSA) is 117 Å². The van der Waals surface area contributed by atoms with Gasteiger partial charge in [0.1, 0.15) is 12.0 Å². The zero-order valence-electron chi connectivity index (χ0n) is 13.4. The molecule has 0 saturated carbocycles. The monoisotopic (exact) mass is 394 g/mol. The summed E-state index contributed by atoms with van der Waals surface area (Å²) < 4.78 is 17.0. The quantitative estimate of drug-likeness (QED) is 0.557. The number of halogens is 2. The molecule has 138 valence electrons. The second-order valence-electron chi connectivity index (χ2n) is 5.48. The molecule has 1 aromatic rings. The van der Waals surface area contributed by atoms with Gasteiger partial charge in [-0.15, -0.1) is 23.2 Å². The van der Waals surface area contributed by atoms with Gasteiger partial charge >= 0.3 is 17.6 Å². The summed E-state index contributed by atoms with van der Waals surface area (Å²) in [5.41, 5.74) is -2.81. The standard InChI is InChI=1S/C14H16Cl2N2O7/c1-7(19)23-6-14(5-15)11(24-8(2)20)10(16)12(25-14)18-4-3-9(21)17-13(18)22/h3-4,10-12H,5-6H2,1-2H3,(H,17,21,22)/t10-,11+,12-,14-/m1/s1. The summed E-state index contributed by atoms with van der Waals surface area (Å²) in [5, 5.41) is -1.03. The van der Waals surface area contributed by atoms with Crippen LogP contribution in [0.3, 0.4) is 0 Å². The van der Waals surface area contributed by atoms with Crippen LogP contribution < -0.4 is 11.2 Å². The molecule has 0 aromatic carbocycles. The molecule has 1 saturated heterocycles. The average Bonchev–Trinajstić information content (AvgIpc) is 2.79. The maximum Gasteiger partial charge on any atom is 0.330 e. The van der Waals surface area contributed by atoms with Crippen molar-refractivity contribution in [3.63, 3.8) is 0 Å². The fourth-order valence-corrected chi connectivity index (χ4v) is 3.23. The van der Waals surface area contributed by atoms with Gasteiger partial charge in [-0.05, 0) is 0 Å². The van der Waals surface area contributed by atoms with E-state index in [0.29, 0.717) is 0 Å². The Hall–Kier alpha value is -1.84. The van der Waals surface area contributed by atoms with E-state index < -0.39 is 46.5 Å². The molecule has 0 bridgehead atoms. The van der Waals surface area contributed by atoms with E-state index in [4.69, 9.17) is 37.4 Å². The Morgan fingerprint density at radius 1 is 1.36 bits per heavy atom. The molecule has 0 spiro atoms. The number of carbonyl (C=O) groups excluding carboxylic acids is 2. The van der Waals surface area contributed by atoms with Crippen LogP contribution in [0.1, 0.15) is 20.1 Å². The molecule has 1 N–H and O–H groups in total. The van der Waals surface area contributed by atoms with Crippen LogP contribution >= 0.6 is 23.2 Å². The fraction of sp³-hybridized carbons (Fsp3) is 0.571. The van der Waals surface area contributed by atoms with Crippen LogP contribution in [0.2, 0.25) is 0 Å². The average molecular weight is 395 g/mol. The first-order chi connectivity index (χ1) is 11.7. The third-order valence-electron chi connectivity index (χ3n) is 3.60. The number of ether oxygens (including phenoxy) is 3. The molecule has 25 heavy (non-hydrogen) atoms. The van der Waals surface area contributed by atoms with Crippen LogP contribution in [-0.4, -0.2) is 51.1 Å². The number of aromatic amines is 1. The maximum atomic E-state index is 12.0. The number of alkyl halides is 2. The molecular formula is C14H16Cl2N2O7. The molecule has 1 aliphatic rings. The predicted octanol–water partition coefficient (Wildman–Crippen LogP) is 0.145. The van der Waals surface area contributed by atoms with Gasteiger partial charge in [0.2, 0.25) is 0 Å². The van der Waals surface area contributed by atoms with Crippen LogP contribution in [0.15, 0.2) is 21.9 Å². The zero-order valence-corrected chi connectivity index (χ0v) is 14.9. The number of H-pyrrole nitrogens is 1. The summed E-state index contributed by atoms with van der Waals surface area (Å²) >= 11 is 12.4. The molecular weight excluding hydrogens is 379 g/mol. The molecule has 0 aliphatic carbocycles. The summed E-state index contributed by atoms with van der Waals surface area (Å²) in [6, 6.07) is 1.11. The van der Waals surface area contributed by atoms with Crippen molar-refractivity contribution in [1.29, 1.82) is 0 Å². The zero-order chi connectivity index (χ0) is 18.8. The van der Waals surface area contributed by atoms with E-state index in [0.717, 1.165) is 10.6 Å². The molecule has 2 rings (SSSR count). The second-order valence-corrected chi connectivity index (χ2v) is 6.25. The van der Waals surface area contributed by atoms with Crippen molar-refractivity contribution in [1.82, 2.24) is 9.55 Å². The minimum Gasteiger partial charge on any atom is -0.463 e. The third-order valence-corrected chi connectivity index (χ3v) is 4.50. The smallest absolute Gasteiger partial charge is 0.330 e. The highest BCUT2D eigenvalue weighted by Gasteiger charge is 2.58. The molecule has 1 aromatic heterocycles. The number of nitrogens with zero attached hydrogens (tertiary/aromatic N) is 1. The van der Waals surface area contributed by atoms with Crippen molar-refractivity contribution in [3.05, 3.63) is 33.1 Å². The molecule has 2 heterocycles. The van der Waals surface area contributed by atoms with E-state index >= 15 is 0 Å². The summed E-state index contributed by atoms with van der Waals surface area (Å²) in [5.74, 6) is -1.47. The predicted molar refractivity (Wildman–Crippen MR) is 86.7 cm³/mol. The Balaban J connectivity index is 2.44. The number of aromatic nitrogens is 2. The highest BCUT2D eigenvalue weighted by molar-refractivity contribution is 6.22. The number of nitrogens with one attached hydrogen (secondary N) is 1. The molecule has 0 amide bonds.